The molecule has 4 nitrogen and oxygen atoms in total. The summed E-state index contributed by atoms with van der Waals surface area (Å²) in [6, 6.07) is 2.03. The Labute approximate surface area is 102 Å². The number of fused-ring (bicyclic) bond motifs is 1. The molecule has 90 valence electrons. The van der Waals surface area contributed by atoms with E-state index in [0.717, 1.165) is 37.3 Å². The quantitative estimate of drug-likeness (QED) is 0.846. The average molecular weight is 230 g/mol. The fraction of sp³-hybridized carbons (Fsp3) is 0.615. The maximum Gasteiger partial charge on any atom is 0.234 e. The van der Waals surface area contributed by atoms with Crippen molar-refractivity contribution >= 4 is 5.82 Å². The van der Waals surface area contributed by atoms with Gasteiger partial charge >= 0.3 is 0 Å². The van der Waals surface area contributed by atoms with Crippen molar-refractivity contribution in [2.45, 2.75) is 40.0 Å². The molecule has 0 radical (unpaired) electrons. The van der Waals surface area contributed by atoms with Crippen LogP contribution in [0.3, 0.4) is 0 Å². The van der Waals surface area contributed by atoms with Crippen LogP contribution in [0.4, 0.5) is 5.82 Å². The van der Waals surface area contributed by atoms with Crippen LogP contribution in [-0.4, -0.2) is 16.5 Å². The second-order valence-corrected chi connectivity index (χ2v) is 5.70. The van der Waals surface area contributed by atoms with Gasteiger partial charge in [0.1, 0.15) is 11.9 Å². The zero-order valence-electron chi connectivity index (χ0n) is 10.7. The molecule has 1 aromatic heterocycles. The molecular weight excluding hydrogens is 212 g/mol. The third kappa shape index (κ3) is 2.73. The van der Waals surface area contributed by atoms with Crippen LogP contribution in [0, 0.1) is 16.7 Å². The number of rotatable bonds is 2. The van der Waals surface area contributed by atoms with E-state index in [4.69, 9.17) is 5.26 Å². The number of aromatic nitrogens is 2. The Hall–Kier alpha value is -1.63. The van der Waals surface area contributed by atoms with Gasteiger partial charge in [-0.3, -0.25) is 0 Å². The summed E-state index contributed by atoms with van der Waals surface area (Å²) in [5.41, 5.74) is 2.45. The summed E-state index contributed by atoms with van der Waals surface area (Å²) in [5.74, 6) is 1.14. The zero-order chi connectivity index (χ0) is 12.5. The molecule has 0 unspecified atom stereocenters. The van der Waals surface area contributed by atoms with Gasteiger partial charge in [0.15, 0.2) is 0 Å². The van der Waals surface area contributed by atoms with Crippen molar-refractivity contribution in [2.24, 2.45) is 5.41 Å². The molecule has 0 saturated carbocycles. The van der Waals surface area contributed by atoms with Gasteiger partial charge in [-0.15, -0.1) is 0 Å². The topological polar surface area (TPSA) is 61.6 Å². The molecule has 1 N–H and O–H groups in total. The summed E-state index contributed by atoms with van der Waals surface area (Å²) >= 11 is 0. The van der Waals surface area contributed by atoms with Gasteiger partial charge in [0.05, 0.1) is 5.69 Å². The van der Waals surface area contributed by atoms with Gasteiger partial charge in [-0.05, 0) is 24.7 Å². The molecule has 1 aromatic rings. The number of nitrogens with zero attached hydrogens (tertiary/aromatic N) is 3. The number of nitrogens with one attached hydrogen (secondary N) is 1. The lowest BCUT2D eigenvalue weighted by Gasteiger charge is -2.20. The van der Waals surface area contributed by atoms with Gasteiger partial charge < -0.3 is 5.32 Å². The highest BCUT2D eigenvalue weighted by Crippen LogP contribution is 2.27. The largest absolute Gasteiger partial charge is 0.369 e. The van der Waals surface area contributed by atoms with E-state index in [9.17, 15) is 0 Å². The minimum absolute atomic E-state index is 0.198. The first-order valence-electron chi connectivity index (χ1n) is 6.03. The second-order valence-electron chi connectivity index (χ2n) is 5.70. The van der Waals surface area contributed by atoms with Gasteiger partial charge in [0.2, 0.25) is 5.82 Å². The van der Waals surface area contributed by atoms with Crippen molar-refractivity contribution in [1.82, 2.24) is 9.97 Å². The Kier molecular flexibility index (Phi) is 3.01. The van der Waals surface area contributed by atoms with E-state index in [1.54, 1.807) is 0 Å². The SMILES string of the molecule is CC(C)(C)CNc1nc(C#N)nc2c1CCC2. The van der Waals surface area contributed by atoms with E-state index in [1.807, 2.05) is 6.07 Å². The predicted octanol–water partition coefficient (Wildman–Crippen LogP) is 2.29. The van der Waals surface area contributed by atoms with Crippen molar-refractivity contribution in [3.05, 3.63) is 17.1 Å². The van der Waals surface area contributed by atoms with Crippen molar-refractivity contribution < 1.29 is 0 Å². The second kappa shape index (κ2) is 4.33. The molecule has 0 aliphatic heterocycles. The van der Waals surface area contributed by atoms with Crippen LogP contribution in [0.5, 0.6) is 0 Å². The van der Waals surface area contributed by atoms with Crippen LogP contribution in [0.25, 0.3) is 0 Å². The van der Waals surface area contributed by atoms with E-state index in [0.29, 0.717) is 0 Å². The van der Waals surface area contributed by atoms with Crippen LogP contribution < -0.4 is 5.32 Å². The Morgan fingerprint density at radius 1 is 1.29 bits per heavy atom. The molecular formula is C13H18N4. The fourth-order valence-corrected chi connectivity index (χ4v) is 1.98. The summed E-state index contributed by atoms with van der Waals surface area (Å²) in [6.07, 6.45) is 3.10. The lowest BCUT2D eigenvalue weighted by molar-refractivity contribution is 0.442. The predicted molar refractivity (Wildman–Crippen MR) is 66.7 cm³/mol. The molecule has 0 bridgehead atoms. The number of hydrogen-bond acceptors (Lipinski definition) is 4. The van der Waals surface area contributed by atoms with Crippen molar-refractivity contribution in [2.75, 3.05) is 11.9 Å². The normalized spacial score (nSPS) is 14.2. The van der Waals surface area contributed by atoms with Crippen LogP contribution in [0.2, 0.25) is 0 Å². The molecule has 0 aromatic carbocycles. The van der Waals surface area contributed by atoms with Gasteiger partial charge in [-0.2, -0.15) is 5.26 Å². The van der Waals surface area contributed by atoms with E-state index in [1.165, 1.54) is 5.56 Å². The first-order valence-corrected chi connectivity index (χ1v) is 6.03. The number of aryl methyl sites for hydroxylation is 1. The van der Waals surface area contributed by atoms with E-state index < -0.39 is 0 Å². The minimum atomic E-state index is 0.198. The Morgan fingerprint density at radius 2 is 2.06 bits per heavy atom. The zero-order valence-corrected chi connectivity index (χ0v) is 10.7. The Balaban J connectivity index is 2.27. The third-order valence-electron chi connectivity index (χ3n) is 2.82. The molecule has 0 spiro atoms. The summed E-state index contributed by atoms with van der Waals surface area (Å²) in [7, 11) is 0. The lowest BCUT2D eigenvalue weighted by Crippen LogP contribution is -2.21. The Bertz CT molecular complexity index is 466. The number of hydrogen-bond donors (Lipinski definition) is 1. The highest BCUT2D eigenvalue weighted by atomic mass is 15.0. The Morgan fingerprint density at radius 3 is 2.71 bits per heavy atom. The number of nitriles is 1. The lowest BCUT2D eigenvalue weighted by atomic mass is 9.97. The molecule has 1 aliphatic rings. The molecule has 0 saturated heterocycles. The van der Waals surface area contributed by atoms with Crippen LogP contribution in [0.15, 0.2) is 0 Å². The van der Waals surface area contributed by atoms with Crippen molar-refractivity contribution in [1.29, 1.82) is 5.26 Å². The molecule has 17 heavy (non-hydrogen) atoms. The maximum atomic E-state index is 8.92. The smallest absolute Gasteiger partial charge is 0.234 e. The van der Waals surface area contributed by atoms with Crippen LogP contribution >= 0.6 is 0 Å². The van der Waals surface area contributed by atoms with Crippen molar-refractivity contribution in [3.8, 4) is 6.07 Å². The summed E-state index contributed by atoms with van der Waals surface area (Å²) < 4.78 is 0. The third-order valence-corrected chi connectivity index (χ3v) is 2.82. The van der Waals surface area contributed by atoms with Crippen LogP contribution in [-0.2, 0) is 12.8 Å². The molecule has 0 fully saturated rings. The molecule has 4 heteroatoms. The first kappa shape index (κ1) is 11.8. The average Bonchev–Trinajstić information content (AvgIpc) is 2.72. The molecule has 0 atom stereocenters. The maximum absolute atomic E-state index is 8.92. The summed E-state index contributed by atoms with van der Waals surface area (Å²) in [4.78, 5) is 8.55. The van der Waals surface area contributed by atoms with Crippen LogP contribution in [0.1, 0.15) is 44.3 Å². The monoisotopic (exact) mass is 230 g/mol. The van der Waals surface area contributed by atoms with Gasteiger partial charge in [-0.25, -0.2) is 9.97 Å². The molecule has 0 amide bonds. The van der Waals surface area contributed by atoms with Crippen molar-refractivity contribution in [3.63, 3.8) is 0 Å². The highest BCUT2D eigenvalue weighted by Gasteiger charge is 2.20. The standard InChI is InChI=1S/C13H18N4/c1-13(2,3)8-15-12-9-5-4-6-10(9)16-11(7-14)17-12/h4-6,8H2,1-3H3,(H,15,16,17). The van der Waals surface area contributed by atoms with Gasteiger partial charge in [-0.1, -0.05) is 20.8 Å². The van der Waals surface area contributed by atoms with E-state index >= 15 is 0 Å². The highest BCUT2D eigenvalue weighted by molar-refractivity contribution is 5.50. The van der Waals surface area contributed by atoms with E-state index in [2.05, 4.69) is 36.1 Å². The molecule has 1 heterocycles. The molecule has 1 aliphatic carbocycles. The number of anilines is 1. The van der Waals surface area contributed by atoms with Gasteiger partial charge in [0, 0.05) is 12.1 Å². The minimum Gasteiger partial charge on any atom is -0.369 e. The summed E-state index contributed by atoms with van der Waals surface area (Å²) in [5, 5.41) is 12.3. The van der Waals surface area contributed by atoms with E-state index in [-0.39, 0.29) is 11.2 Å². The molecule has 2 rings (SSSR count). The fourth-order valence-electron chi connectivity index (χ4n) is 1.98. The van der Waals surface area contributed by atoms with Gasteiger partial charge in [0.25, 0.3) is 0 Å². The first-order chi connectivity index (χ1) is 7.99. The summed E-state index contributed by atoms with van der Waals surface area (Å²) in [6.45, 7) is 7.37.